The first-order chi connectivity index (χ1) is 12.7. The fraction of sp³-hybridized carbons (Fsp3) is 0.500. The number of rotatable bonds is 2. The lowest BCUT2D eigenvalue weighted by Crippen LogP contribution is -2.40. The van der Waals surface area contributed by atoms with Gasteiger partial charge in [0.25, 0.3) is 0 Å². The highest BCUT2D eigenvalue weighted by Gasteiger charge is 2.34. The molecule has 1 fully saturated rings. The largest absolute Gasteiger partial charge is 0.444 e. The molecular formula is C22H27F2NO2. The van der Waals surface area contributed by atoms with Crippen molar-refractivity contribution in [3.63, 3.8) is 0 Å². The second-order valence-corrected chi connectivity index (χ2v) is 8.30. The molecule has 0 aromatic heterocycles. The first-order valence-electron chi connectivity index (χ1n) is 9.55. The smallest absolute Gasteiger partial charge is 0.410 e. The summed E-state index contributed by atoms with van der Waals surface area (Å²) in [5.41, 5.74) is 1.44. The first-order valence-corrected chi connectivity index (χ1v) is 9.55. The van der Waals surface area contributed by atoms with Crippen molar-refractivity contribution >= 4 is 6.09 Å². The molecule has 0 radical (unpaired) electrons. The number of halogens is 2. The zero-order chi connectivity index (χ0) is 19.6. The van der Waals surface area contributed by atoms with Crippen molar-refractivity contribution < 1.29 is 18.3 Å². The van der Waals surface area contributed by atoms with Crippen LogP contribution in [0.5, 0.6) is 0 Å². The Hall–Kier alpha value is -2.17. The van der Waals surface area contributed by atoms with Gasteiger partial charge in [-0.2, -0.15) is 0 Å². The summed E-state index contributed by atoms with van der Waals surface area (Å²) in [5.74, 6) is -0.658. The third kappa shape index (κ3) is 4.96. The van der Waals surface area contributed by atoms with Crippen molar-refractivity contribution in [1.29, 1.82) is 0 Å². The predicted octanol–water partition coefficient (Wildman–Crippen LogP) is 5.93. The molecule has 0 spiro atoms. The van der Waals surface area contributed by atoms with Crippen LogP contribution >= 0.6 is 0 Å². The highest BCUT2D eigenvalue weighted by Crippen LogP contribution is 2.36. The molecule has 3 nitrogen and oxygen atoms in total. The van der Waals surface area contributed by atoms with E-state index in [4.69, 9.17) is 4.74 Å². The molecule has 1 amide bonds. The fourth-order valence-corrected chi connectivity index (χ4v) is 3.84. The Morgan fingerprint density at radius 1 is 1.19 bits per heavy atom. The zero-order valence-corrected chi connectivity index (χ0v) is 16.2. The molecular weight excluding hydrogens is 348 g/mol. The summed E-state index contributed by atoms with van der Waals surface area (Å²) in [6, 6.07) is 0.0100. The van der Waals surface area contributed by atoms with Crippen LogP contribution in [-0.4, -0.2) is 29.2 Å². The number of ether oxygens (including phenoxy) is 1. The van der Waals surface area contributed by atoms with Crippen LogP contribution in [0.1, 0.15) is 46.5 Å². The van der Waals surface area contributed by atoms with E-state index >= 15 is 0 Å². The van der Waals surface area contributed by atoms with Crippen LogP contribution in [0.25, 0.3) is 0 Å². The molecule has 1 saturated heterocycles. The van der Waals surface area contributed by atoms with Gasteiger partial charge in [-0.05, 0) is 81.9 Å². The Morgan fingerprint density at radius 3 is 2.59 bits per heavy atom. The van der Waals surface area contributed by atoms with Crippen LogP contribution < -0.4 is 0 Å². The molecule has 1 unspecified atom stereocenters. The van der Waals surface area contributed by atoms with Crippen molar-refractivity contribution in [2.45, 2.75) is 58.1 Å². The van der Waals surface area contributed by atoms with Gasteiger partial charge in [-0.25, -0.2) is 13.6 Å². The second-order valence-electron chi connectivity index (χ2n) is 8.30. The minimum atomic E-state index is -0.541. The number of likely N-dealkylation sites (tertiary alicyclic amines) is 1. The van der Waals surface area contributed by atoms with Crippen molar-refractivity contribution in [3.05, 3.63) is 59.3 Å². The lowest BCUT2D eigenvalue weighted by Gasteiger charge is -2.31. The first kappa shape index (κ1) is 19.6. The van der Waals surface area contributed by atoms with Crippen LogP contribution in [0.2, 0.25) is 0 Å². The Balaban J connectivity index is 1.77. The molecule has 5 heteroatoms. The van der Waals surface area contributed by atoms with Gasteiger partial charge in [0.15, 0.2) is 0 Å². The van der Waals surface area contributed by atoms with Crippen molar-refractivity contribution in [2.75, 3.05) is 6.54 Å². The van der Waals surface area contributed by atoms with Gasteiger partial charge in [0.05, 0.1) is 0 Å². The summed E-state index contributed by atoms with van der Waals surface area (Å²) in [6.45, 7) is 6.22. The van der Waals surface area contributed by atoms with Gasteiger partial charge in [0.2, 0.25) is 0 Å². The topological polar surface area (TPSA) is 29.5 Å². The maximum atomic E-state index is 13.9. The van der Waals surface area contributed by atoms with Crippen LogP contribution in [0, 0.1) is 5.92 Å². The van der Waals surface area contributed by atoms with Gasteiger partial charge in [-0.15, -0.1) is 0 Å². The summed E-state index contributed by atoms with van der Waals surface area (Å²) in [5, 5.41) is 0. The molecule has 27 heavy (non-hydrogen) atoms. The molecule has 3 aliphatic rings. The number of hydrogen-bond acceptors (Lipinski definition) is 2. The van der Waals surface area contributed by atoms with E-state index < -0.39 is 5.60 Å². The fourth-order valence-electron chi connectivity index (χ4n) is 3.84. The van der Waals surface area contributed by atoms with E-state index in [1.807, 2.05) is 20.8 Å². The maximum Gasteiger partial charge on any atom is 0.410 e. The number of amides is 1. The maximum absolute atomic E-state index is 13.9. The summed E-state index contributed by atoms with van der Waals surface area (Å²) in [6.07, 6.45) is 12.2. The SMILES string of the molecule is CC(C)(C)OC(=O)N1CCC[C@H]1CC1C=C(F)C=CC1=C1C=CC(F)=CC1. The van der Waals surface area contributed by atoms with E-state index in [2.05, 4.69) is 0 Å². The molecule has 2 atom stereocenters. The standard InChI is InChI=1S/C22H27F2NO2/c1-22(2,3)27-21(26)25-12-4-5-19(25)14-16-13-18(24)10-11-20(16)15-6-8-17(23)9-7-15/h6,8-11,13,16,19H,4-5,7,12,14H2,1-3H3/t16?,19-/m0/s1. The average Bonchev–Trinajstić information content (AvgIpc) is 3.03. The predicted molar refractivity (Wildman–Crippen MR) is 102 cm³/mol. The Morgan fingerprint density at radius 2 is 1.93 bits per heavy atom. The molecule has 1 heterocycles. The van der Waals surface area contributed by atoms with Crippen LogP contribution in [0.4, 0.5) is 13.6 Å². The van der Waals surface area contributed by atoms with E-state index in [9.17, 15) is 13.6 Å². The van der Waals surface area contributed by atoms with Gasteiger partial charge < -0.3 is 9.64 Å². The molecule has 0 N–H and O–H groups in total. The van der Waals surface area contributed by atoms with Gasteiger partial charge in [-0.1, -0.05) is 12.2 Å². The normalized spacial score (nSPS) is 28.3. The Kier molecular flexibility index (Phi) is 5.68. The molecule has 0 aromatic rings. The Labute approximate surface area is 159 Å². The molecule has 2 aliphatic carbocycles. The van der Waals surface area contributed by atoms with Crippen molar-refractivity contribution in [3.8, 4) is 0 Å². The number of nitrogens with zero attached hydrogens (tertiary/aromatic N) is 1. The highest BCUT2D eigenvalue weighted by molar-refractivity contribution is 5.69. The van der Waals surface area contributed by atoms with Crippen LogP contribution in [0.15, 0.2) is 59.3 Å². The minimum Gasteiger partial charge on any atom is -0.444 e. The third-order valence-corrected chi connectivity index (χ3v) is 5.04. The van der Waals surface area contributed by atoms with E-state index in [1.165, 1.54) is 18.2 Å². The third-order valence-electron chi connectivity index (χ3n) is 5.04. The summed E-state index contributed by atoms with van der Waals surface area (Å²) < 4.78 is 32.8. The number of hydrogen-bond donors (Lipinski definition) is 0. The van der Waals surface area contributed by atoms with Crippen LogP contribution in [0.3, 0.4) is 0 Å². The molecule has 0 saturated carbocycles. The van der Waals surface area contributed by atoms with Crippen molar-refractivity contribution in [2.24, 2.45) is 5.92 Å². The van der Waals surface area contributed by atoms with E-state index in [0.29, 0.717) is 19.4 Å². The lowest BCUT2D eigenvalue weighted by molar-refractivity contribution is 0.0215. The highest BCUT2D eigenvalue weighted by atomic mass is 19.1. The summed E-state index contributed by atoms with van der Waals surface area (Å²) in [4.78, 5) is 14.3. The minimum absolute atomic E-state index is 0.0100. The van der Waals surface area contributed by atoms with Gasteiger partial charge in [0, 0.05) is 18.5 Å². The summed E-state index contributed by atoms with van der Waals surface area (Å²) >= 11 is 0. The molecule has 146 valence electrons. The van der Waals surface area contributed by atoms with E-state index in [1.54, 1.807) is 23.1 Å². The average molecular weight is 375 g/mol. The number of carbonyl (C=O) groups excluding carboxylic acids is 1. The van der Waals surface area contributed by atoms with Gasteiger partial charge >= 0.3 is 6.09 Å². The molecule has 0 aromatic carbocycles. The quantitative estimate of drug-likeness (QED) is 0.599. The van der Waals surface area contributed by atoms with Gasteiger partial charge in [-0.3, -0.25) is 0 Å². The van der Waals surface area contributed by atoms with E-state index in [0.717, 1.165) is 24.0 Å². The molecule has 0 bridgehead atoms. The molecule has 1 aliphatic heterocycles. The van der Waals surface area contributed by atoms with E-state index in [-0.39, 0.29) is 29.7 Å². The molecule has 3 rings (SSSR count). The second kappa shape index (κ2) is 7.83. The van der Waals surface area contributed by atoms with Gasteiger partial charge in [0.1, 0.15) is 17.3 Å². The van der Waals surface area contributed by atoms with Crippen LogP contribution in [-0.2, 0) is 4.74 Å². The summed E-state index contributed by atoms with van der Waals surface area (Å²) in [7, 11) is 0. The number of carbonyl (C=O) groups is 1. The van der Waals surface area contributed by atoms with Crippen molar-refractivity contribution in [1.82, 2.24) is 4.90 Å². The zero-order valence-electron chi connectivity index (χ0n) is 16.2. The number of allylic oxidation sites excluding steroid dienone is 10. The Bertz CT molecular complexity index is 753. The monoisotopic (exact) mass is 375 g/mol. The lowest BCUT2D eigenvalue weighted by atomic mass is 9.83.